The summed E-state index contributed by atoms with van der Waals surface area (Å²) in [5, 5.41) is 11.2. The number of carboxylic acid groups (broad SMARTS) is 1. The quantitative estimate of drug-likeness (QED) is 0.862. The van der Waals surface area contributed by atoms with E-state index in [0.717, 1.165) is 0 Å². The van der Waals surface area contributed by atoms with Gasteiger partial charge in [-0.05, 0) is 32.0 Å². The van der Waals surface area contributed by atoms with Gasteiger partial charge in [0.25, 0.3) is 0 Å². The van der Waals surface area contributed by atoms with Gasteiger partial charge < -0.3 is 15.3 Å². The summed E-state index contributed by atoms with van der Waals surface area (Å²) in [6, 6.07) is 4.95. The molecule has 0 bridgehead atoms. The third kappa shape index (κ3) is 4.95. The van der Waals surface area contributed by atoms with Crippen LogP contribution in [0.1, 0.15) is 20.3 Å². The van der Waals surface area contributed by atoms with Gasteiger partial charge in [-0.15, -0.1) is 0 Å². The lowest BCUT2D eigenvalue weighted by molar-refractivity contribution is -0.137. The third-order valence-corrected chi connectivity index (χ3v) is 2.53. The second kappa shape index (κ2) is 6.72. The molecule has 0 saturated heterocycles. The number of aliphatic carboxylic acids is 1. The van der Waals surface area contributed by atoms with Gasteiger partial charge in [-0.2, -0.15) is 0 Å². The van der Waals surface area contributed by atoms with Crippen LogP contribution < -0.4 is 5.32 Å². The summed E-state index contributed by atoms with van der Waals surface area (Å²) in [7, 11) is 0. The standard InChI is InChI=1S/C13H17FN2O3/c1-9(2)16(7-6-12(17)18)13(19)15-11-5-3-4-10(14)8-11/h3-5,8-9H,6-7H2,1-2H3,(H,15,19)(H,17,18). The van der Waals surface area contributed by atoms with Crippen molar-refractivity contribution >= 4 is 17.7 Å². The molecular weight excluding hydrogens is 251 g/mol. The summed E-state index contributed by atoms with van der Waals surface area (Å²) in [5.41, 5.74) is 0.339. The van der Waals surface area contributed by atoms with Crippen LogP contribution >= 0.6 is 0 Å². The highest BCUT2D eigenvalue weighted by atomic mass is 19.1. The number of carboxylic acids is 1. The smallest absolute Gasteiger partial charge is 0.322 e. The van der Waals surface area contributed by atoms with Crippen LogP contribution in [0.5, 0.6) is 0 Å². The minimum Gasteiger partial charge on any atom is -0.481 e. The Balaban J connectivity index is 2.69. The fourth-order valence-corrected chi connectivity index (χ4v) is 1.57. The second-order valence-corrected chi connectivity index (χ2v) is 4.37. The monoisotopic (exact) mass is 268 g/mol. The van der Waals surface area contributed by atoms with Gasteiger partial charge in [0, 0.05) is 18.3 Å². The van der Waals surface area contributed by atoms with Gasteiger partial charge in [0.05, 0.1) is 6.42 Å². The van der Waals surface area contributed by atoms with Crippen molar-refractivity contribution in [1.82, 2.24) is 4.90 Å². The summed E-state index contributed by atoms with van der Waals surface area (Å²) in [6.45, 7) is 3.67. The number of rotatable bonds is 5. The molecule has 0 atom stereocenters. The van der Waals surface area contributed by atoms with E-state index in [1.807, 2.05) is 0 Å². The van der Waals surface area contributed by atoms with Gasteiger partial charge in [0.2, 0.25) is 0 Å². The molecule has 0 spiro atoms. The molecular formula is C13H17FN2O3. The van der Waals surface area contributed by atoms with Crippen LogP contribution in [-0.4, -0.2) is 34.6 Å². The van der Waals surface area contributed by atoms with Crippen molar-refractivity contribution < 1.29 is 19.1 Å². The average molecular weight is 268 g/mol. The van der Waals surface area contributed by atoms with Gasteiger partial charge in [0.15, 0.2) is 0 Å². The van der Waals surface area contributed by atoms with Crippen LogP contribution in [0.2, 0.25) is 0 Å². The van der Waals surface area contributed by atoms with Crippen LogP contribution in [0, 0.1) is 5.82 Å². The summed E-state index contributed by atoms with van der Waals surface area (Å²) in [4.78, 5) is 23.9. The van der Waals surface area contributed by atoms with Crippen molar-refractivity contribution in [2.75, 3.05) is 11.9 Å². The van der Waals surface area contributed by atoms with Gasteiger partial charge in [0.1, 0.15) is 5.82 Å². The molecule has 0 saturated carbocycles. The first-order valence-electron chi connectivity index (χ1n) is 5.95. The predicted octanol–water partition coefficient (Wildman–Crippen LogP) is 2.54. The molecule has 0 aliphatic carbocycles. The van der Waals surface area contributed by atoms with E-state index in [9.17, 15) is 14.0 Å². The van der Waals surface area contributed by atoms with Gasteiger partial charge in [-0.25, -0.2) is 9.18 Å². The van der Waals surface area contributed by atoms with Crippen LogP contribution in [0.4, 0.5) is 14.9 Å². The summed E-state index contributed by atoms with van der Waals surface area (Å²) in [6.07, 6.45) is -0.130. The van der Waals surface area contributed by atoms with Gasteiger partial charge in [-0.3, -0.25) is 4.79 Å². The van der Waals surface area contributed by atoms with E-state index < -0.39 is 17.8 Å². The molecule has 2 amide bonds. The Kier molecular flexibility index (Phi) is 5.29. The lowest BCUT2D eigenvalue weighted by Gasteiger charge is -2.26. The van der Waals surface area contributed by atoms with E-state index in [0.29, 0.717) is 5.69 Å². The zero-order valence-corrected chi connectivity index (χ0v) is 10.9. The molecule has 0 aliphatic heterocycles. The number of urea groups is 1. The first-order valence-corrected chi connectivity index (χ1v) is 5.95. The number of nitrogens with one attached hydrogen (secondary N) is 1. The molecule has 1 aromatic rings. The molecule has 0 fully saturated rings. The zero-order chi connectivity index (χ0) is 14.4. The fraction of sp³-hybridized carbons (Fsp3) is 0.385. The number of benzene rings is 1. The molecule has 2 N–H and O–H groups in total. The van der Waals surface area contributed by atoms with Crippen molar-refractivity contribution in [1.29, 1.82) is 0 Å². The number of nitrogens with zero attached hydrogens (tertiary/aromatic N) is 1. The molecule has 0 radical (unpaired) electrons. The molecule has 1 rings (SSSR count). The SMILES string of the molecule is CC(C)N(CCC(=O)O)C(=O)Nc1cccc(F)c1. The van der Waals surface area contributed by atoms with Gasteiger partial charge in [-0.1, -0.05) is 6.07 Å². The molecule has 0 aliphatic rings. The fourth-order valence-electron chi connectivity index (χ4n) is 1.57. The second-order valence-electron chi connectivity index (χ2n) is 4.37. The van der Waals surface area contributed by atoms with Crippen molar-refractivity contribution in [2.45, 2.75) is 26.3 Å². The van der Waals surface area contributed by atoms with Crippen molar-refractivity contribution in [3.63, 3.8) is 0 Å². The van der Waals surface area contributed by atoms with Crippen LogP contribution in [-0.2, 0) is 4.79 Å². The van der Waals surface area contributed by atoms with E-state index >= 15 is 0 Å². The maximum atomic E-state index is 13.0. The Labute approximate surface area is 111 Å². The zero-order valence-electron chi connectivity index (χ0n) is 10.9. The number of hydrogen-bond donors (Lipinski definition) is 2. The van der Waals surface area contributed by atoms with Gasteiger partial charge >= 0.3 is 12.0 Å². The highest BCUT2D eigenvalue weighted by molar-refractivity contribution is 5.89. The normalized spacial score (nSPS) is 10.3. The molecule has 104 valence electrons. The Hall–Kier alpha value is -2.11. The van der Waals surface area contributed by atoms with E-state index in [2.05, 4.69) is 5.32 Å². The highest BCUT2D eigenvalue weighted by Gasteiger charge is 2.18. The summed E-state index contributed by atoms with van der Waals surface area (Å²) in [5.74, 6) is -1.41. The summed E-state index contributed by atoms with van der Waals surface area (Å²) >= 11 is 0. The number of halogens is 1. The molecule has 0 heterocycles. The minimum absolute atomic E-state index is 0.105. The Morgan fingerprint density at radius 2 is 2.11 bits per heavy atom. The first-order chi connectivity index (χ1) is 8.90. The molecule has 0 aromatic heterocycles. The highest BCUT2D eigenvalue weighted by Crippen LogP contribution is 2.11. The average Bonchev–Trinajstić information content (AvgIpc) is 2.28. The van der Waals surface area contributed by atoms with E-state index in [1.165, 1.54) is 23.1 Å². The van der Waals surface area contributed by atoms with E-state index in [1.54, 1.807) is 19.9 Å². The van der Waals surface area contributed by atoms with Crippen molar-refractivity contribution in [2.24, 2.45) is 0 Å². The number of amides is 2. The summed E-state index contributed by atoms with van der Waals surface area (Å²) < 4.78 is 13.0. The number of carbonyl (C=O) groups excluding carboxylic acids is 1. The van der Waals surface area contributed by atoms with Crippen LogP contribution in [0.25, 0.3) is 0 Å². The van der Waals surface area contributed by atoms with Crippen LogP contribution in [0.3, 0.4) is 0 Å². The number of carbonyl (C=O) groups is 2. The first kappa shape index (κ1) is 14.9. The largest absolute Gasteiger partial charge is 0.481 e. The topological polar surface area (TPSA) is 69.6 Å². The van der Waals surface area contributed by atoms with E-state index in [4.69, 9.17) is 5.11 Å². The Bertz CT molecular complexity index is 463. The third-order valence-electron chi connectivity index (χ3n) is 2.53. The Morgan fingerprint density at radius 1 is 1.42 bits per heavy atom. The van der Waals surface area contributed by atoms with Crippen molar-refractivity contribution in [3.05, 3.63) is 30.1 Å². The number of anilines is 1. The lowest BCUT2D eigenvalue weighted by Crippen LogP contribution is -2.41. The number of hydrogen-bond acceptors (Lipinski definition) is 2. The minimum atomic E-state index is -0.968. The van der Waals surface area contributed by atoms with Crippen molar-refractivity contribution in [3.8, 4) is 0 Å². The predicted molar refractivity (Wildman–Crippen MR) is 69.5 cm³/mol. The molecule has 0 unspecified atom stereocenters. The Morgan fingerprint density at radius 3 is 2.63 bits per heavy atom. The molecule has 6 heteroatoms. The molecule has 19 heavy (non-hydrogen) atoms. The molecule has 5 nitrogen and oxygen atoms in total. The maximum absolute atomic E-state index is 13.0. The lowest BCUT2D eigenvalue weighted by atomic mass is 10.3. The van der Waals surface area contributed by atoms with Crippen LogP contribution in [0.15, 0.2) is 24.3 Å². The molecule has 1 aromatic carbocycles. The maximum Gasteiger partial charge on any atom is 0.322 e. The van der Waals surface area contributed by atoms with E-state index in [-0.39, 0.29) is 19.0 Å².